The van der Waals surface area contributed by atoms with Crippen LogP contribution in [0.3, 0.4) is 0 Å². The van der Waals surface area contributed by atoms with Gasteiger partial charge >= 0.3 is 7.60 Å². The first-order valence-electron chi connectivity index (χ1n) is 4.95. The summed E-state index contributed by atoms with van der Waals surface area (Å²) >= 11 is 0. The van der Waals surface area contributed by atoms with E-state index in [0.29, 0.717) is 5.56 Å². The Hall–Kier alpha value is -0.960. The highest BCUT2D eigenvalue weighted by atomic mass is 31.2. The van der Waals surface area contributed by atoms with Crippen LogP contribution >= 0.6 is 7.60 Å². The zero-order valence-electron chi connectivity index (χ0n) is 9.47. The van der Waals surface area contributed by atoms with Gasteiger partial charge in [-0.2, -0.15) is 0 Å². The van der Waals surface area contributed by atoms with Crippen molar-refractivity contribution in [2.24, 2.45) is 5.92 Å². The van der Waals surface area contributed by atoms with Crippen LogP contribution in [0.15, 0.2) is 18.2 Å². The molecule has 0 unspecified atom stereocenters. The third kappa shape index (κ3) is 2.59. The molecule has 0 saturated carbocycles. The summed E-state index contributed by atoms with van der Waals surface area (Å²) in [6.45, 7) is 5.09. The first kappa shape index (κ1) is 13.1. The Labute approximate surface area is 94.5 Å². The predicted molar refractivity (Wildman–Crippen MR) is 62.0 cm³/mol. The third-order valence-corrected chi connectivity index (χ3v) is 3.34. The van der Waals surface area contributed by atoms with Gasteiger partial charge < -0.3 is 9.79 Å². The van der Waals surface area contributed by atoms with Crippen LogP contribution in [0.2, 0.25) is 0 Å². The van der Waals surface area contributed by atoms with Crippen LogP contribution in [0.4, 0.5) is 0 Å². The van der Waals surface area contributed by atoms with Crippen LogP contribution in [0.5, 0.6) is 0 Å². The van der Waals surface area contributed by atoms with Gasteiger partial charge in [-0.1, -0.05) is 26.0 Å². The quantitative estimate of drug-likeness (QED) is 0.624. The summed E-state index contributed by atoms with van der Waals surface area (Å²) in [6, 6.07) is 4.53. The molecule has 0 fully saturated rings. The van der Waals surface area contributed by atoms with Crippen molar-refractivity contribution in [2.45, 2.75) is 20.8 Å². The molecule has 0 heterocycles. The van der Waals surface area contributed by atoms with Crippen molar-refractivity contribution in [2.75, 3.05) is 0 Å². The normalized spacial score (nSPS) is 11.9. The predicted octanol–water partition coefficient (Wildman–Crippen LogP) is 1.64. The fourth-order valence-corrected chi connectivity index (χ4v) is 2.36. The number of hydrogen-bond acceptors (Lipinski definition) is 2. The molecule has 4 nitrogen and oxygen atoms in total. The van der Waals surface area contributed by atoms with Gasteiger partial charge in [0.1, 0.15) is 0 Å². The zero-order valence-corrected chi connectivity index (χ0v) is 10.4. The lowest BCUT2D eigenvalue weighted by Crippen LogP contribution is -2.21. The van der Waals surface area contributed by atoms with E-state index in [4.69, 9.17) is 0 Å². The Morgan fingerprint density at radius 1 is 1.31 bits per heavy atom. The number of carbonyl (C=O) groups is 1. The summed E-state index contributed by atoms with van der Waals surface area (Å²) in [5.41, 5.74) is 0.755. The lowest BCUT2D eigenvalue weighted by Gasteiger charge is -2.14. The molecule has 1 aromatic carbocycles. The summed E-state index contributed by atoms with van der Waals surface area (Å²) in [5, 5.41) is -0.175. The van der Waals surface area contributed by atoms with Gasteiger partial charge in [0.25, 0.3) is 0 Å². The van der Waals surface area contributed by atoms with Crippen molar-refractivity contribution in [3.63, 3.8) is 0 Å². The molecule has 0 bridgehead atoms. The lowest BCUT2D eigenvalue weighted by atomic mass is 9.97. The Morgan fingerprint density at radius 3 is 2.31 bits per heavy atom. The molecule has 0 spiro atoms. The maximum Gasteiger partial charge on any atom is 0.356 e. The van der Waals surface area contributed by atoms with E-state index in [1.807, 2.05) is 0 Å². The number of hydrogen-bond donors (Lipinski definition) is 2. The average molecular weight is 242 g/mol. The van der Waals surface area contributed by atoms with Gasteiger partial charge in [-0.05, 0) is 18.6 Å². The van der Waals surface area contributed by atoms with Gasteiger partial charge in [-0.25, -0.2) is 0 Å². The highest BCUT2D eigenvalue weighted by Gasteiger charge is 2.27. The molecular formula is C11H15O4P. The fraction of sp³-hybridized carbons (Fsp3) is 0.364. The number of benzene rings is 1. The second kappa shape index (κ2) is 4.50. The molecule has 0 aliphatic carbocycles. The van der Waals surface area contributed by atoms with Gasteiger partial charge in [0, 0.05) is 11.5 Å². The van der Waals surface area contributed by atoms with Gasteiger partial charge in [-0.3, -0.25) is 9.36 Å². The number of ketones is 1. The molecule has 5 heteroatoms. The standard InChI is InChI=1S/C11H15O4P/c1-7(2)11(12)10-8(3)5-4-6-9(10)16(13,14)15/h4-7H,1-3H3,(H2,13,14,15). The SMILES string of the molecule is Cc1cccc(P(=O)(O)O)c1C(=O)C(C)C. The molecular weight excluding hydrogens is 227 g/mol. The molecule has 0 amide bonds. The summed E-state index contributed by atoms with van der Waals surface area (Å²) in [4.78, 5) is 30.3. The number of Topliss-reactive ketones (excluding diaryl/α,β-unsaturated/α-hetero) is 1. The highest BCUT2D eigenvalue weighted by Crippen LogP contribution is 2.35. The minimum Gasteiger partial charge on any atom is -0.321 e. The minimum absolute atomic E-state index is 0.158. The van der Waals surface area contributed by atoms with Crippen LogP contribution < -0.4 is 5.30 Å². The lowest BCUT2D eigenvalue weighted by molar-refractivity contribution is 0.0939. The first-order valence-corrected chi connectivity index (χ1v) is 6.56. The van der Waals surface area contributed by atoms with E-state index in [0.717, 1.165) is 0 Å². The van der Waals surface area contributed by atoms with Crippen molar-refractivity contribution < 1.29 is 19.1 Å². The Morgan fingerprint density at radius 2 is 1.88 bits per heavy atom. The molecule has 0 aliphatic rings. The molecule has 0 atom stereocenters. The van der Waals surface area contributed by atoms with Gasteiger partial charge in [-0.15, -0.1) is 0 Å². The molecule has 88 valence electrons. The summed E-state index contributed by atoms with van der Waals surface area (Å²) in [7, 11) is -4.40. The van der Waals surface area contributed by atoms with Crippen molar-refractivity contribution in [3.8, 4) is 0 Å². The third-order valence-electron chi connectivity index (χ3n) is 2.34. The van der Waals surface area contributed by atoms with Crippen molar-refractivity contribution >= 4 is 18.7 Å². The molecule has 1 rings (SSSR count). The van der Waals surface area contributed by atoms with E-state index in [1.165, 1.54) is 6.07 Å². The molecule has 0 radical (unpaired) electrons. The molecule has 0 saturated heterocycles. The maximum absolute atomic E-state index is 11.9. The number of rotatable bonds is 3. The van der Waals surface area contributed by atoms with E-state index in [2.05, 4.69) is 0 Å². The molecule has 0 aliphatic heterocycles. The average Bonchev–Trinajstić information content (AvgIpc) is 2.14. The maximum atomic E-state index is 11.9. The number of aryl methyl sites for hydroxylation is 1. The van der Waals surface area contributed by atoms with Crippen LogP contribution in [-0.2, 0) is 4.57 Å². The van der Waals surface area contributed by atoms with Crippen LogP contribution in [-0.4, -0.2) is 15.6 Å². The summed E-state index contributed by atoms with van der Waals surface area (Å²) < 4.78 is 11.3. The van der Waals surface area contributed by atoms with Gasteiger partial charge in [0.15, 0.2) is 5.78 Å². The Kier molecular flexibility index (Phi) is 3.68. The van der Waals surface area contributed by atoms with E-state index in [1.54, 1.807) is 32.9 Å². The van der Waals surface area contributed by atoms with Crippen molar-refractivity contribution in [1.29, 1.82) is 0 Å². The second-order valence-corrected chi connectivity index (χ2v) is 5.60. The first-order chi connectivity index (χ1) is 7.25. The summed E-state index contributed by atoms with van der Waals surface area (Å²) in [6.07, 6.45) is 0. The van der Waals surface area contributed by atoms with E-state index >= 15 is 0 Å². The zero-order chi connectivity index (χ0) is 12.5. The smallest absolute Gasteiger partial charge is 0.321 e. The molecule has 1 aromatic rings. The van der Waals surface area contributed by atoms with E-state index < -0.39 is 7.60 Å². The fourth-order valence-electron chi connectivity index (χ4n) is 1.50. The van der Waals surface area contributed by atoms with Gasteiger partial charge in [0.05, 0.1) is 5.30 Å². The molecule has 0 aromatic heterocycles. The Balaban J connectivity index is 3.48. The van der Waals surface area contributed by atoms with Gasteiger partial charge in [0.2, 0.25) is 0 Å². The van der Waals surface area contributed by atoms with Crippen molar-refractivity contribution in [1.82, 2.24) is 0 Å². The summed E-state index contributed by atoms with van der Waals surface area (Å²) in [5.74, 6) is -0.525. The second-order valence-electron chi connectivity index (χ2n) is 4.03. The largest absolute Gasteiger partial charge is 0.356 e. The monoisotopic (exact) mass is 242 g/mol. The van der Waals surface area contributed by atoms with E-state index in [9.17, 15) is 19.1 Å². The molecule has 16 heavy (non-hydrogen) atoms. The number of carbonyl (C=O) groups excluding carboxylic acids is 1. The topological polar surface area (TPSA) is 74.6 Å². The van der Waals surface area contributed by atoms with E-state index in [-0.39, 0.29) is 22.6 Å². The highest BCUT2D eigenvalue weighted by molar-refractivity contribution is 7.60. The van der Waals surface area contributed by atoms with Crippen LogP contribution in [0.1, 0.15) is 29.8 Å². The Bertz CT molecular complexity index is 459. The van der Waals surface area contributed by atoms with Crippen LogP contribution in [0, 0.1) is 12.8 Å². The van der Waals surface area contributed by atoms with Crippen LogP contribution in [0.25, 0.3) is 0 Å². The van der Waals surface area contributed by atoms with Crippen molar-refractivity contribution in [3.05, 3.63) is 29.3 Å². The minimum atomic E-state index is -4.40. The molecule has 2 N–H and O–H groups in total.